The van der Waals surface area contributed by atoms with E-state index in [-0.39, 0.29) is 6.09 Å². The van der Waals surface area contributed by atoms with E-state index >= 15 is 0 Å². The molecule has 4 heteroatoms. The summed E-state index contributed by atoms with van der Waals surface area (Å²) in [6.45, 7) is 13.1. The number of ether oxygens (including phenoxy) is 1. The summed E-state index contributed by atoms with van der Waals surface area (Å²) in [6, 6.07) is 0.592. The first-order valence-electron chi connectivity index (χ1n) is 6.99. The summed E-state index contributed by atoms with van der Waals surface area (Å²) in [5, 5.41) is 2.88. The van der Waals surface area contributed by atoms with Crippen molar-refractivity contribution in [3.8, 4) is 0 Å². The first-order chi connectivity index (χ1) is 8.28. The minimum absolute atomic E-state index is 0.302. The van der Waals surface area contributed by atoms with Gasteiger partial charge in [0, 0.05) is 19.1 Å². The third kappa shape index (κ3) is 5.71. The average Bonchev–Trinajstić information content (AvgIpc) is 2.24. The highest BCUT2D eigenvalue weighted by molar-refractivity contribution is 5.67. The fraction of sp³-hybridized carbons (Fsp3) is 0.929. The molecular formula is C14H28N2O2. The number of nitrogens with zero attached hydrogens (tertiary/aromatic N) is 1. The van der Waals surface area contributed by atoms with Crippen LogP contribution in [0, 0.1) is 5.92 Å². The second-order valence-corrected chi connectivity index (χ2v) is 6.48. The summed E-state index contributed by atoms with van der Waals surface area (Å²) in [5.74, 6) is 0.550. The molecule has 1 atom stereocenters. The zero-order chi connectivity index (χ0) is 13.8. The van der Waals surface area contributed by atoms with Gasteiger partial charge in [0.15, 0.2) is 0 Å². The predicted octanol–water partition coefficient (Wildman–Crippen LogP) is 2.63. The van der Waals surface area contributed by atoms with Crippen LogP contribution in [-0.2, 0) is 4.74 Å². The average molecular weight is 256 g/mol. The highest BCUT2D eigenvalue weighted by Gasteiger charge is 2.23. The Hall–Kier alpha value is -0.770. The summed E-state index contributed by atoms with van der Waals surface area (Å²) >= 11 is 0. The summed E-state index contributed by atoms with van der Waals surface area (Å²) < 4.78 is 5.24. The molecule has 1 aliphatic rings. The second-order valence-electron chi connectivity index (χ2n) is 6.48. The largest absolute Gasteiger partial charge is 0.444 e. The van der Waals surface area contributed by atoms with E-state index in [9.17, 15) is 4.79 Å². The lowest BCUT2D eigenvalue weighted by Gasteiger charge is -2.35. The van der Waals surface area contributed by atoms with Crippen molar-refractivity contribution in [2.24, 2.45) is 5.92 Å². The number of nitrogens with one attached hydrogen (secondary N) is 1. The lowest BCUT2D eigenvalue weighted by atomic mass is 9.97. The van der Waals surface area contributed by atoms with Gasteiger partial charge in [0.25, 0.3) is 0 Å². The van der Waals surface area contributed by atoms with Crippen molar-refractivity contribution in [2.45, 2.75) is 59.1 Å². The van der Waals surface area contributed by atoms with Gasteiger partial charge in [0.1, 0.15) is 5.60 Å². The molecule has 4 nitrogen and oxygen atoms in total. The van der Waals surface area contributed by atoms with Crippen LogP contribution in [0.1, 0.15) is 47.5 Å². The van der Waals surface area contributed by atoms with E-state index in [0.29, 0.717) is 12.0 Å². The summed E-state index contributed by atoms with van der Waals surface area (Å²) in [4.78, 5) is 14.0. The molecule has 0 aromatic heterocycles. The SMILES string of the molecule is CC(C)N1CCC[C@H](CNC(=O)OC(C)(C)C)C1. The molecular weight excluding hydrogens is 228 g/mol. The Kier molecular flexibility index (Phi) is 5.45. The van der Waals surface area contributed by atoms with Gasteiger partial charge in [-0.25, -0.2) is 4.79 Å². The van der Waals surface area contributed by atoms with Gasteiger partial charge in [-0.2, -0.15) is 0 Å². The van der Waals surface area contributed by atoms with E-state index in [4.69, 9.17) is 4.74 Å². The molecule has 106 valence electrons. The molecule has 1 heterocycles. The van der Waals surface area contributed by atoms with Gasteiger partial charge in [-0.15, -0.1) is 0 Å². The molecule has 0 aromatic carbocycles. The zero-order valence-corrected chi connectivity index (χ0v) is 12.5. The molecule has 0 radical (unpaired) electrons. The molecule has 0 unspecified atom stereocenters. The molecule has 0 aliphatic carbocycles. The van der Waals surface area contributed by atoms with Crippen molar-refractivity contribution in [1.82, 2.24) is 10.2 Å². The standard InChI is InChI=1S/C14H28N2O2/c1-11(2)16-8-6-7-12(10-16)9-15-13(17)18-14(3,4)5/h11-12H,6-10H2,1-5H3,(H,15,17)/t12-/m1/s1. The quantitative estimate of drug-likeness (QED) is 0.844. The second kappa shape index (κ2) is 6.41. The number of hydrogen-bond acceptors (Lipinski definition) is 3. The highest BCUT2D eigenvalue weighted by atomic mass is 16.6. The summed E-state index contributed by atoms with van der Waals surface area (Å²) in [5.41, 5.74) is -0.416. The van der Waals surface area contributed by atoms with Crippen molar-refractivity contribution in [3.63, 3.8) is 0 Å². The fourth-order valence-corrected chi connectivity index (χ4v) is 2.27. The summed E-state index contributed by atoms with van der Waals surface area (Å²) in [7, 11) is 0. The van der Waals surface area contributed by atoms with E-state index in [0.717, 1.165) is 13.1 Å². The predicted molar refractivity (Wildman–Crippen MR) is 73.7 cm³/mol. The number of amides is 1. The maximum Gasteiger partial charge on any atom is 0.407 e. The molecule has 1 aliphatic heterocycles. The molecule has 0 spiro atoms. The minimum Gasteiger partial charge on any atom is -0.444 e. The molecule has 1 fully saturated rings. The number of hydrogen-bond donors (Lipinski definition) is 1. The summed E-state index contributed by atoms with van der Waals surface area (Å²) in [6.07, 6.45) is 2.11. The Morgan fingerprint density at radius 2 is 2.11 bits per heavy atom. The van der Waals surface area contributed by atoms with E-state index in [1.165, 1.54) is 19.4 Å². The third-order valence-electron chi connectivity index (χ3n) is 3.21. The van der Waals surface area contributed by atoms with Crippen LogP contribution in [0.4, 0.5) is 4.79 Å². The van der Waals surface area contributed by atoms with Gasteiger partial charge >= 0.3 is 6.09 Å². The van der Waals surface area contributed by atoms with Crippen LogP contribution in [0.3, 0.4) is 0 Å². The number of alkyl carbamates (subject to hydrolysis) is 1. The monoisotopic (exact) mass is 256 g/mol. The topological polar surface area (TPSA) is 41.6 Å². The molecule has 18 heavy (non-hydrogen) atoms. The number of piperidine rings is 1. The lowest BCUT2D eigenvalue weighted by molar-refractivity contribution is 0.0503. The maximum absolute atomic E-state index is 11.6. The number of likely N-dealkylation sites (tertiary alicyclic amines) is 1. The zero-order valence-electron chi connectivity index (χ0n) is 12.5. The first-order valence-corrected chi connectivity index (χ1v) is 6.99. The molecule has 0 aromatic rings. The Morgan fingerprint density at radius 1 is 1.44 bits per heavy atom. The molecule has 1 N–H and O–H groups in total. The Balaban J connectivity index is 2.28. The molecule has 1 amide bonds. The fourth-order valence-electron chi connectivity index (χ4n) is 2.27. The van der Waals surface area contributed by atoms with Crippen LogP contribution >= 0.6 is 0 Å². The lowest BCUT2D eigenvalue weighted by Crippen LogP contribution is -2.44. The first kappa shape index (κ1) is 15.3. The van der Waals surface area contributed by atoms with Gasteiger partial charge in [0.05, 0.1) is 0 Å². The Morgan fingerprint density at radius 3 is 2.67 bits per heavy atom. The third-order valence-corrected chi connectivity index (χ3v) is 3.21. The number of carbonyl (C=O) groups excluding carboxylic acids is 1. The van der Waals surface area contributed by atoms with Crippen molar-refractivity contribution >= 4 is 6.09 Å². The van der Waals surface area contributed by atoms with Gasteiger partial charge < -0.3 is 15.0 Å². The molecule has 1 rings (SSSR count). The van der Waals surface area contributed by atoms with E-state index in [1.807, 2.05) is 20.8 Å². The number of carbonyl (C=O) groups is 1. The van der Waals surface area contributed by atoms with Crippen LogP contribution < -0.4 is 5.32 Å². The minimum atomic E-state index is -0.416. The van der Waals surface area contributed by atoms with E-state index < -0.39 is 5.60 Å². The van der Waals surface area contributed by atoms with E-state index in [1.54, 1.807) is 0 Å². The smallest absolute Gasteiger partial charge is 0.407 e. The van der Waals surface area contributed by atoms with Crippen LogP contribution in [0.2, 0.25) is 0 Å². The van der Waals surface area contributed by atoms with E-state index in [2.05, 4.69) is 24.1 Å². The van der Waals surface area contributed by atoms with Crippen LogP contribution in [0.5, 0.6) is 0 Å². The molecule has 0 saturated carbocycles. The van der Waals surface area contributed by atoms with Crippen LogP contribution in [0.25, 0.3) is 0 Å². The van der Waals surface area contributed by atoms with Crippen molar-refractivity contribution in [3.05, 3.63) is 0 Å². The van der Waals surface area contributed by atoms with Crippen LogP contribution in [0.15, 0.2) is 0 Å². The van der Waals surface area contributed by atoms with Crippen LogP contribution in [-0.4, -0.2) is 42.3 Å². The highest BCUT2D eigenvalue weighted by Crippen LogP contribution is 2.17. The normalized spacial score (nSPS) is 22.0. The van der Waals surface area contributed by atoms with Gasteiger partial charge in [-0.05, 0) is 59.9 Å². The van der Waals surface area contributed by atoms with Gasteiger partial charge in [-0.3, -0.25) is 0 Å². The Bertz CT molecular complexity index is 271. The van der Waals surface area contributed by atoms with Gasteiger partial charge in [0.2, 0.25) is 0 Å². The molecule has 1 saturated heterocycles. The van der Waals surface area contributed by atoms with Gasteiger partial charge in [-0.1, -0.05) is 0 Å². The van der Waals surface area contributed by atoms with Crippen molar-refractivity contribution < 1.29 is 9.53 Å². The Labute approximate surface area is 111 Å². The molecule has 0 bridgehead atoms. The van der Waals surface area contributed by atoms with Crippen molar-refractivity contribution in [2.75, 3.05) is 19.6 Å². The van der Waals surface area contributed by atoms with Crippen molar-refractivity contribution in [1.29, 1.82) is 0 Å². The number of rotatable bonds is 3. The maximum atomic E-state index is 11.6.